The van der Waals surface area contributed by atoms with Crippen LogP contribution in [0, 0.1) is 0 Å². The summed E-state index contributed by atoms with van der Waals surface area (Å²) in [6.45, 7) is 2.88. The Kier molecular flexibility index (Phi) is 4.70. The molecule has 3 heterocycles. The zero-order valence-electron chi connectivity index (χ0n) is 14.9. The van der Waals surface area contributed by atoms with Crippen LogP contribution in [0.4, 0.5) is 5.82 Å². The van der Waals surface area contributed by atoms with Crippen LogP contribution in [0.5, 0.6) is 0 Å². The predicted molar refractivity (Wildman–Crippen MR) is 95.6 cm³/mol. The van der Waals surface area contributed by atoms with Crippen LogP contribution in [0.15, 0.2) is 22.9 Å². The number of nitrogens with zero attached hydrogens (tertiary/aromatic N) is 4. The average Bonchev–Trinajstić information content (AvgIpc) is 3.12. The summed E-state index contributed by atoms with van der Waals surface area (Å²) in [4.78, 5) is 11.6. The molecule has 0 atom stereocenters. The van der Waals surface area contributed by atoms with Crippen molar-refractivity contribution >= 4 is 5.82 Å². The monoisotopic (exact) mass is 342 g/mol. The third-order valence-electron chi connectivity index (χ3n) is 5.66. The summed E-state index contributed by atoms with van der Waals surface area (Å²) >= 11 is 0. The molecule has 6 heteroatoms. The molecular formula is C19H26N4O2. The fourth-order valence-corrected chi connectivity index (χ4v) is 3.88. The maximum atomic E-state index is 5.66. The van der Waals surface area contributed by atoms with Gasteiger partial charge < -0.3 is 14.2 Å². The quantitative estimate of drug-likeness (QED) is 0.799. The maximum absolute atomic E-state index is 5.66. The zero-order chi connectivity index (χ0) is 17.1. The van der Waals surface area contributed by atoms with E-state index in [1.165, 1.54) is 25.7 Å². The normalized spacial score (nSPS) is 19.6. The number of hydrogen-bond donors (Lipinski definition) is 0. The first-order valence-electron chi connectivity index (χ1n) is 9.35. The predicted octanol–water partition coefficient (Wildman–Crippen LogP) is 3.58. The van der Waals surface area contributed by atoms with Gasteiger partial charge in [-0.2, -0.15) is 4.98 Å². The molecule has 134 valence electrons. The number of hydrogen-bond acceptors (Lipinski definition) is 6. The zero-order valence-corrected chi connectivity index (χ0v) is 14.9. The van der Waals surface area contributed by atoms with Gasteiger partial charge in [-0.25, -0.2) is 4.98 Å². The highest BCUT2D eigenvalue weighted by molar-refractivity contribution is 5.59. The number of pyridine rings is 1. The van der Waals surface area contributed by atoms with Gasteiger partial charge in [0.2, 0.25) is 11.7 Å². The lowest BCUT2D eigenvalue weighted by Crippen LogP contribution is -2.35. The third-order valence-corrected chi connectivity index (χ3v) is 5.66. The SMILES string of the molecule is COCCC1(c2nc(-c3ccnc(N4CCCCC4)c3)no2)CCC1. The topological polar surface area (TPSA) is 64.3 Å². The van der Waals surface area contributed by atoms with E-state index in [0.29, 0.717) is 5.82 Å². The molecule has 1 saturated carbocycles. The molecule has 1 aliphatic heterocycles. The van der Waals surface area contributed by atoms with Crippen molar-refractivity contribution in [2.75, 3.05) is 31.7 Å². The molecule has 25 heavy (non-hydrogen) atoms. The van der Waals surface area contributed by atoms with Crippen molar-refractivity contribution in [1.29, 1.82) is 0 Å². The third kappa shape index (κ3) is 3.27. The van der Waals surface area contributed by atoms with Crippen molar-refractivity contribution in [3.63, 3.8) is 0 Å². The van der Waals surface area contributed by atoms with Crippen LogP contribution in [-0.2, 0) is 10.2 Å². The first-order chi connectivity index (χ1) is 12.3. The maximum Gasteiger partial charge on any atom is 0.233 e. The van der Waals surface area contributed by atoms with E-state index in [4.69, 9.17) is 14.2 Å². The number of piperidine rings is 1. The molecule has 0 spiro atoms. The fourth-order valence-electron chi connectivity index (χ4n) is 3.88. The van der Waals surface area contributed by atoms with Crippen LogP contribution in [-0.4, -0.2) is 41.9 Å². The molecule has 0 aromatic carbocycles. The molecule has 0 amide bonds. The van der Waals surface area contributed by atoms with E-state index >= 15 is 0 Å². The Morgan fingerprint density at radius 2 is 2.04 bits per heavy atom. The number of methoxy groups -OCH3 is 1. The lowest BCUT2D eigenvalue weighted by molar-refractivity contribution is 0.104. The van der Waals surface area contributed by atoms with Gasteiger partial charge >= 0.3 is 0 Å². The molecule has 0 bridgehead atoms. The van der Waals surface area contributed by atoms with Gasteiger partial charge in [0, 0.05) is 38.6 Å². The Morgan fingerprint density at radius 3 is 2.76 bits per heavy atom. The summed E-state index contributed by atoms with van der Waals surface area (Å²) in [6.07, 6.45) is 10.0. The standard InChI is InChI=1S/C19H26N4O2/c1-24-13-9-19(7-5-8-19)18-21-17(22-25-18)15-6-10-20-16(14-15)23-11-3-2-4-12-23/h6,10,14H,2-5,7-9,11-13H2,1H3. The summed E-state index contributed by atoms with van der Waals surface area (Å²) in [7, 11) is 1.74. The number of ether oxygens (including phenoxy) is 1. The minimum Gasteiger partial charge on any atom is -0.385 e. The molecule has 0 N–H and O–H groups in total. The Labute approximate surface area is 148 Å². The molecule has 1 saturated heterocycles. The van der Waals surface area contributed by atoms with E-state index in [-0.39, 0.29) is 5.41 Å². The molecule has 4 rings (SSSR count). The molecule has 6 nitrogen and oxygen atoms in total. The van der Waals surface area contributed by atoms with Crippen molar-refractivity contribution in [2.45, 2.75) is 50.4 Å². The van der Waals surface area contributed by atoms with Crippen LogP contribution in [0.25, 0.3) is 11.4 Å². The number of aromatic nitrogens is 3. The van der Waals surface area contributed by atoms with Gasteiger partial charge in [0.15, 0.2) is 0 Å². The van der Waals surface area contributed by atoms with Crippen LogP contribution < -0.4 is 4.90 Å². The van der Waals surface area contributed by atoms with E-state index in [2.05, 4.69) is 21.1 Å². The highest BCUT2D eigenvalue weighted by Gasteiger charge is 2.43. The van der Waals surface area contributed by atoms with Gasteiger partial charge in [0.1, 0.15) is 5.82 Å². The van der Waals surface area contributed by atoms with Gasteiger partial charge in [-0.3, -0.25) is 0 Å². The van der Waals surface area contributed by atoms with Crippen LogP contribution in [0.2, 0.25) is 0 Å². The van der Waals surface area contributed by atoms with Gasteiger partial charge in [-0.05, 0) is 50.7 Å². The molecule has 2 aliphatic rings. The molecule has 0 unspecified atom stereocenters. The summed E-state index contributed by atoms with van der Waals surface area (Å²) in [5.41, 5.74) is 0.996. The van der Waals surface area contributed by atoms with Crippen molar-refractivity contribution < 1.29 is 9.26 Å². The van der Waals surface area contributed by atoms with Gasteiger partial charge in [-0.1, -0.05) is 11.6 Å². The van der Waals surface area contributed by atoms with E-state index < -0.39 is 0 Å². The summed E-state index contributed by atoms with van der Waals surface area (Å²) in [5, 5.41) is 4.26. The Balaban J connectivity index is 1.55. The highest BCUT2D eigenvalue weighted by atomic mass is 16.5. The van der Waals surface area contributed by atoms with Crippen molar-refractivity contribution in [2.24, 2.45) is 0 Å². The van der Waals surface area contributed by atoms with Gasteiger partial charge in [0.25, 0.3) is 0 Å². The van der Waals surface area contributed by atoms with Gasteiger partial charge in [-0.15, -0.1) is 0 Å². The molecule has 1 aliphatic carbocycles. The van der Waals surface area contributed by atoms with Crippen LogP contribution in [0.1, 0.15) is 50.8 Å². The van der Waals surface area contributed by atoms with Crippen molar-refractivity contribution in [1.82, 2.24) is 15.1 Å². The molecule has 2 aromatic heterocycles. The Morgan fingerprint density at radius 1 is 1.20 bits per heavy atom. The summed E-state index contributed by atoms with van der Waals surface area (Å²) < 4.78 is 10.9. The Hall–Kier alpha value is -1.95. The summed E-state index contributed by atoms with van der Waals surface area (Å²) in [6, 6.07) is 4.05. The fraction of sp³-hybridized carbons (Fsp3) is 0.632. The van der Waals surface area contributed by atoms with Gasteiger partial charge in [0.05, 0.1) is 5.41 Å². The van der Waals surface area contributed by atoms with E-state index in [0.717, 1.165) is 56.2 Å². The minimum atomic E-state index is 0.0178. The first kappa shape index (κ1) is 16.5. The average molecular weight is 342 g/mol. The second-order valence-corrected chi connectivity index (χ2v) is 7.25. The molecule has 2 aromatic rings. The minimum absolute atomic E-state index is 0.0178. The largest absolute Gasteiger partial charge is 0.385 e. The van der Waals surface area contributed by atoms with E-state index in [9.17, 15) is 0 Å². The molecular weight excluding hydrogens is 316 g/mol. The number of anilines is 1. The Bertz CT molecular complexity index is 705. The van der Waals surface area contributed by atoms with E-state index in [1.807, 2.05) is 12.3 Å². The second-order valence-electron chi connectivity index (χ2n) is 7.25. The summed E-state index contributed by atoms with van der Waals surface area (Å²) in [5.74, 6) is 2.45. The van der Waals surface area contributed by atoms with Crippen LogP contribution >= 0.6 is 0 Å². The molecule has 2 fully saturated rings. The van der Waals surface area contributed by atoms with Crippen LogP contribution in [0.3, 0.4) is 0 Å². The lowest BCUT2D eigenvalue weighted by Gasteiger charge is -2.38. The number of rotatable bonds is 6. The smallest absolute Gasteiger partial charge is 0.233 e. The van der Waals surface area contributed by atoms with Crippen molar-refractivity contribution in [3.05, 3.63) is 24.2 Å². The lowest BCUT2D eigenvalue weighted by atomic mass is 9.66. The highest BCUT2D eigenvalue weighted by Crippen LogP contribution is 2.46. The van der Waals surface area contributed by atoms with Crippen molar-refractivity contribution in [3.8, 4) is 11.4 Å². The van der Waals surface area contributed by atoms with E-state index in [1.54, 1.807) is 7.11 Å². The second kappa shape index (κ2) is 7.12. The molecule has 0 radical (unpaired) electrons. The first-order valence-corrected chi connectivity index (χ1v) is 9.35.